The normalized spacial score (nSPS) is 13.6. The van der Waals surface area contributed by atoms with Crippen LogP contribution in [0.3, 0.4) is 0 Å². The first-order valence-corrected chi connectivity index (χ1v) is 7.54. The summed E-state index contributed by atoms with van der Waals surface area (Å²) in [7, 11) is 0. The molecule has 4 rings (SSSR count). The summed E-state index contributed by atoms with van der Waals surface area (Å²) >= 11 is 0. The van der Waals surface area contributed by atoms with Gasteiger partial charge in [-0.05, 0) is 42.7 Å². The van der Waals surface area contributed by atoms with Gasteiger partial charge in [-0.2, -0.15) is 0 Å². The van der Waals surface area contributed by atoms with Gasteiger partial charge in [0.1, 0.15) is 5.82 Å². The number of hydrogen-bond acceptors (Lipinski definition) is 2. The quantitative estimate of drug-likeness (QED) is 0.789. The highest BCUT2D eigenvalue weighted by Crippen LogP contribution is 2.28. The van der Waals surface area contributed by atoms with Crippen molar-refractivity contribution in [1.82, 2.24) is 9.97 Å². The zero-order valence-electron chi connectivity index (χ0n) is 12.5. The predicted octanol–water partition coefficient (Wildman–Crippen LogP) is 3.00. The number of amides is 1. The zero-order chi connectivity index (χ0) is 15.1. The van der Waals surface area contributed by atoms with Crippen LogP contribution >= 0.6 is 0 Å². The lowest BCUT2D eigenvalue weighted by atomic mass is 10.1. The Hall–Kier alpha value is -2.62. The molecular formula is C18H17N3O. The minimum Gasteiger partial charge on any atom is -0.342 e. The first kappa shape index (κ1) is 13.1. The molecule has 2 heterocycles. The smallest absolute Gasteiger partial charge is 0.231 e. The summed E-state index contributed by atoms with van der Waals surface area (Å²) in [4.78, 5) is 22.1. The van der Waals surface area contributed by atoms with Gasteiger partial charge in [0.25, 0.3) is 0 Å². The summed E-state index contributed by atoms with van der Waals surface area (Å²) in [5.41, 5.74) is 5.27. The van der Waals surface area contributed by atoms with Gasteiger partial charge in [-0.3, -0.25) is 4.79 Å². The summed E-state index contributed by atoms with van der Waals surface area (Å²) < 4.78 is 0. The molecule has 0 radical (unpaired) electrons. The van der Waals surface area contributed by atoms with Gasteiger partial charge in [0, 0.05) is 12.2 Å². The molecule has 4 heteroatoms. The number of carbonyl (C=O) groups is 1. The third-order valence-corrected chi connectivity index (χ3v) is 4.21. The van der Waals surface area contributed by atoms with Crippen LogP contribution in [0.4, 0.5) is 5.69 Å². The van der Waals surface area contributed by atoms with Crippen molar-refractivity contribution in [1.29, 1.82) is 0 Å². The molecule has 0 atom stereocenters. The van der Waals surface area contributed by atoms with E-state index in [1.165, 1.54) is 5.56 Å². The van der Waals surface area contributed by atoms with Crippen LogP contribution in [0.2, 0.25) is 0 Å². The molecule has 0 spiro atoms. The second-order valence-corrected chi connectivity index (χ2v) is 5.77. The number of carbonyl (C=O) groups excluding carboxylic acids is 1. The van der Waals surface area contributed by atoms with E-state index in [0.29, 0.717) is 6.42 Å². The number of aryl methyl sites for hydroxylation is 1. The van der Waals surface area contributed by atoms with Crippen molar-refractivity contribution < 1.29 is 4.79 Å². The van der Waals surface area contributed by atoms with Crippen molar-refractivity contribution in [2.75, 3.05) is 11.4 Å². The van der Waals surface area contributed by atoms with Gasteiger partial charge in [0.15, 0.2) is 0 Å². The van der Waals surface area contributed by atoms with Crippen LogP contribution in [0.25, 0.3) is 11.0 Å². The maximum atomic E-state index is 12.6. The fraction of sp³-hybridized carbons (Fsp3) is 0.222. The van der Waals surface area contributed by atoms with Gasteiger partial charge >= 0.3 is 0 Å². The van der Waals surface area contributed by atoms with E-state index in [9.17, 15) is 4.79 Å². The SMILES string of the molecule is Cc1nc2ccc(CC(=O)N3CCc4ccccc43)cc2[nH]1. The maximum Gasteiger partial charge on any atom is 0.231 e. The van der Waals surface area contributed by atoms with E-state index in [1.54, 1.807) is 0 Å². The molecule has 110 valence electrons. The number of nitrogens with zero attached hydrogens (tertiary/aromatic N) is 2. The first-order chi connectivity index (χ1) is 10.7. The van der Waals surface area contributed by atoms with Crippen LogP contribution in [0, 0.1) is 6.92 Å². The molecule has 22 heavy (non-hydrogen) atoms. The minimum atomic E-state index is 0.153. The second-order valence-electron chi connectivity index (χ2n) is 5.77. The fourth-order valence-corrected chi connectivity index (χ4v) is 3.16. The number of imidazole rings is 1. The number of hydrogen-bond donors (Lipinski definition) is 1. The highest BCUT2D eigenvalue weighted by molar-refractivity contribution is 5.97. The first-order valence-electron chi connectivity index (χ1n) is 7.54. The molecule has 1 aliphatic heterocycles. The lowest BCUT2D eigenvalue weighted by molar-refractivity contribution is -0.117. The predicted molar refractivity (Wildman–Crippen MR) is 87.0 cm³/mol. The van der Waals surface area contributed by atoms with Gasteiger partial charge in [-0.1, -0.05) is 24.3 Å². The monoisotopic (exact) mass is 291 g/mol. The van der Waals surface area contributed by atoms with Gasteiger partial charge in [0.05, 0.1) is 17.5 Å². The van der Waals surface area contributed by atoms with Crippen LogP contribution < -0.4 is 4.90 Å². The number of aromatic nitrogens is 2. The topological polar surface area (TPSA) is 49.0 Å². The number of fused-ring (bicyclic) bond motifs is 2. The summed E-state index contributed by atoms with van der Waals surface area (Å²) in [6.07, 6.45) is 1.36. The molecule has 0 bridgehead atoms. The van der Waals surface area contributed by atoms with Crippen LogP contribution in [-0.4, -0.2) is 22.4 Å². The van der Waals surface area contributed by atoms with Gasteiger partial charge in [0.2, 0.25) is 5.91 Å². The summed E-state index contributed by atoms with van der Waals surface area (Å²) in [6, 6.07) is 14.1. The largest absolute Gasteiger partial charge is 0.342 e. The number of para-hydroxylation sites is 1. The van der Waals surface area contributed by atoms with E-state index in [1.807, 2.05) is 48.2 Å². The lowest BCUT2D eigenvalue weighted by Crippen LogP contribution is -2.30. The average Bonchev–Trinajstić information content (AvgIpc) is 3.09. The van der Waals surface area contributed by atoms with Gasteiger partial charge in [-0.15, -0.1) is 0 Å². The van der Waals surface area contributed by atoms with Gasteiger partial charge < -0.3 is 9.88 Å². The van der Waals surface area contributed by atoms with Crippen LogP contribution in [0.5, 0.6) is 0 Å². The van der Waals surface area contributed by atoms with Crippen molar-refractivity contribution in [2.45, 2.75) is 19.8 Å². The highest BCUT2D eigenvalue weighted by Gasteiger charge is 2.24. The Morgan fingerprint density at radius 1 is 1.27 bits per heavy atom. The molecule has 1 amide bonds. The molecule has 1 aliphatic rings. The standard InChI is InChI=1S/C18H17N3O/c1-12-19-15-7-6-13(10-16(15)20-12)11-18(22)21-9-8-14-4-2-3-5-17(14)21/h2-7,10H,8-9,11H2,1H3,(H,19,20). The van der Waals surface area contributed by atoms with E-state index in [4.69, 9.17) is 0 Å². The Morgan fingerprint density at radius 2 is 2.14 bits per heavy atom. The van der Waals surface area contributed by atoms with Crippen LogP contribution in [0.15, 0.2) is 42.5 Å². The van der Waals surface area contributed by atoms with E-state index >= 15 is 0 Å². The molecule has 0 unspecified atom stereocenters. The van der Waals surface area contributed by atoms with Crippen LogP contribution in [0.1, 0.15) is 17.0 Å². The molecule has 4 nitrogen and oxygen atoms in total. The number of H-pyrrole nitrogens is 1. The summed E-state index contributed by atoms with van der Waals surface area (Å²) in [6.45, 7) is 2.72. The molecule has 1 N–H and O–H groups in total. The van der Waals surface area contributed by atoms with E-state index in [-0.39, 0.29) is 5.91 Å². The number of rotatable bonds is 2. The lowest BCUT2D eigenvalue weighted by Gasteiger charge is -2.17. The molecular weight excluding hydrogens is 274 g/mol. The second kappa shape index (κ2) is 4.98. The Balaban J connectivity index is 1.58. The van der Waals surface area contributed by atoms with Crippen molar-refractivity contribution in [2.24, 2.45) is 0 Å². The van der Waals surface area contributed by atoms with Crippen molar-refractivity contribution in [3.8, 4) is 0 Å². The molecule has 0 aliphatic carbocycles. The molecule has 3 aromatic rings. The Kier molecular flexibility index (Phi) is 2.96. The maximum absolute atomic E-state index is 12.6. The third kappa shape index (κ3) is 2.17. The molecule has 0 saturated heterocycles. The number of nitrogens with one attached hydrogen (secondary N) is 1. The molecule has 0 fully saturated rings. The third-order valence-electron chi connectivity index (χ3n) is 4.21. The summed E-state index contributed by atoms with van der Waals surface area (Å²) in [5.74, 6) is 1.05. The molecule has 1 aromatic heterocycles. The van der Waals surface area contributed by atoms with Crippen molar-refractivity contribution in [3.63, 3.8) is 0 Å². The van der Waals surface area contributed by atoms with Gasteiger partial charge in [-0.25, -0.2) is 4.98 Å². The molecule has 2 aromatic carbocycles. The number of benzene rings is 2. The Morgan fingerprint density at radius 3 is 3.05 bits per heavy atom. The van der Waals surface area contributed by atoms with E-state index in [2.05, 4.69) is 16.0 Å². The van der Waals surface area contributed by atoms with Crippen molar-refractivity contribution in [3.05, 3.63) is 59.4 Å². The Bertz CT molecular complexity index is 866. The molecule has 0 saturated carbocycles. The van der Waals surface area contributed by atoms with E-state index in [0.717, 1.165) is 41.1 Å². The summed E-state index contributed by atoms with van der Waals surface area (Å²) in [5, 5.41) is 0. The zero-order valence-corrected chi connectivity index (χ0v) is 12.5. The van der Waals surface area contributed by atoms with Crippen molar-refractivity contribution >= 4 is 22.6 Å². The average molecular weight is 291 g/mol. The Labute approximate surface area is 128 Å². The van der Waals surface area contributed by atoms with Crippen LogP contribution in [-0.2, 0) is 17.6 Å². The fourth-order valence-electron chi connectivity index (χ4n) is 3.16. The van der Waals surface area contributed by atoms with E-state index < -0.39 is 0 Å². The minimum absolute atomic E-state index is 0.153. The number of anilines is 1. The highest BCUT2D eigenvalue weighted by atomic mass is 16.2. The number of aromatic amines is 1.